The summed E-state index contributed by atoms with van der Waals surface area (Å²) < 4.78 is 0. The van der Waals surface area contributed by atoms with Crippen LogP contribution in [0.15, 0.2) is 11.4 Å². The Morgan fingerprint density at radius 2 is 2.24 bits per heavy atom. The van der Waals surface area contributed by atoms with Crippen molar-refractivity contribution in [3.63, 3.8) is 0 Å². The molecule has 1 aliphatic carbocycles. The Labute approximate surface area is 128 Å². The van der Waals surface area contributed by atoms with E-state index in [9.17, 15) is 9.59 Å². The maximum absolute atomic E-state index is 12.0. The van der Waals surface area contributed by atoms with E-state index in [-0.39, 0.29) is 5.91 Å². The van der Waals surface area contributed by atoms with Crippen molar-refractivity contribution < 1.29 is 14.5 Å². The second kappa shape index (κ2) is 6.15. The van der Waals surface area contributed by atoms with E-state index < -0.39 is 6.03 Å². The number of imide groups is 1. The highest BCUT2D eigenvalue weighted by atomic mass is 32.1. The molecule has 0 bridgehead atoms. The molecule has 3 amide bonds. The average molecular weight is 308 g/mol. The quantitative estimate of drug-likeness (QED) is 0.758. The van der Waals surface area contributed by atoms with E-state index in [0.29, 0.717) is 25.0 Å². The maximum Gasteiger partial charge on any atom is 0.321 e. The summed E-state index contributed by atoms with van der Waals surface area (Å²) in [6.45, 7) is 3.73. The third kappa shape index (κ3) is 3.27. The van der Waals surface area contributed by atoms with Gasteiger partial charge in [0.25, 0.3) is 5.91 Å². The van der Waals surface area contributed by atoms with Crippen LogP contribution in [0.3, 0.4) is 0 Å². The van der Waals surface area contributed by atoms with Crippen LogP contribution >= 0.6 is 11.3 Å². The molecule has 0 saturated heterocycles. The summed E-state index contributed by atoms with van der Waals surface area (Å²) in [5, 5.41) is 7.18. The monoisotopic (exact) mass is 308 g/mol. The van der Waals surface area contributed by atoms with Gasteiger partial charge in [-0.1, -0.05) is 0 Å². The van der Waals surface area contributed by atoms with E-state index >= 15 is 0 Å². The van der Waals surface area contributed by atoms with Gasteiger partial charge in [-0.15, -0.1) is 11.3 Å². The highest BCUT2D eigenvalue weighted by molar-refractivity contribution is 7.10. The predicted octanol–water partition coefficient (Wildman–Crippen LogP) is 0.486. The van der Waals surface area contributed by atoms with E-state index in [1.807, 2.05) is 18.3 Å². The molecule has 0 aromatic carbocycles. The van der Waals surface area contributed by atoms with E-state index in [0.717, 1.165) is 13.0 Å². The number of amides is 3. The highest BCUT2D eigenvalue weighted by Gasteiger charge is 2.43. The van der Waals surface area contributed by atoms with Crippen molar-refractivity contribution in [3.8, 4) is 0 Å². The van der Waals surface area contributed by atoms with Crippen LogP contribution in [0.4, 0.5) is 4.79 Å². The Kier molecular flexibility index (Phi) is 4.26. The molecule has 114 valence electrons. The Bertz CT molecular complexity index is 539. The van der Waals surface area contributed by atoms with Crippen LogP contribution in [-0.4, -0.2) is 31.6 Å². The number of urea groups is 1. The molecule has 6 heteroatoms. The van der Waals surface area contributed by atoms with Gasteiger partial charge in [-0.25, -0.2) is 4.79 Å². The Hall–Kier alpha value is -1.40. The summed E-state index contributed by atoms with van der Waals surface area (Å²) in [5.74, 6) is 0.534. The predicted molar refractivity (Wildman–Crippen MR) is 81.4 cm³/mol. The summed E-state index contributed by atoms with van der Waals surface area (Å²) in [6, 6.07) is 2.28. The fourth-order valence-corrected chi connectivity index (χ4v) is 4.21. The van der Waals surface area contributed by atoms with Crippen molar-refractivity contribution >= 4 is 23.3 Å². The number of carbonyl (C=O) groups excluding carboxylic acids is 2. The average Bonchev–Trinajstić information content (AvgIpc) is 3.15. The molecule has 1 unspecified atom stereocenters. The third-order valence-electron chi connectivity index (χ3n) is 4.30. The van der Waals surface area contributed by atoms with Gasteiger partial charge in [0.1, 0.15) is 6.04 Å². The van der Waals surface area contributed by atoms with Crippen molar-refractivity contribution in [2.45, 2.75) is 32.2 Å². The minimum absolute atomic E-state index is 0.180. The van der Waals surface area contributed by atoms with Crippen LogP contribution < -0.4 is 15.5 Å². The Morgan fingerprint density at radius 3 is 2.95 bits per heavy atom. The fourth-order valence-electron chi connectivity index (χ4n) is 3.28. The zero-order valence-electron chi connectivity index (χ0n) is 12.3. The molecule has 1 saturated carbocycles. The molecule has 2 heterocycles. The number of hydrogen-bond donors (Lipinski definition) is 3. The van der Waals surface area contributed by atoms with Gasteiger partial charge in [0.05, 0.1) is 6.54 Å². The van der Waals surface area contributed by atoms with E-state index in [1.165, 1.54) is 28.2 Å². The molecular weight excluding hydrogens is 286 g/mol. The number of carbonyl (C=O) groups is 2. The lowest BCUT2D eigenvalue weighted by Gasteiger charge is -2.32. The van der Waals surface area contributed by atoms with Crippen LogP contribution in [0, 0.1) is 5.92 Å². The molecule has 3 N–H and O–H groups in total. The van der Waals surface area contributed by atoms with Crippen molar-refractivity contribution in [2.75, 3.05) is 19.6 Å². The number of quaternary nitrogens is 1. The molecule has 1 aliphatic heterocycles. The van der Waals surface area contributed by atoms with Crippen molar-refractivity contribution in [3.05, 3.63) is 21.9 Å². The van der Waals surface area contributed by atoms with E-state index in [2.05, 4.69) is 22.1 Å². The molecule has 5 nitrogen and oxygen atoms in total. The maximum atomic E-state index is 12.0. The van der Waals surface area contributed by atoms with E-state index in [4.69, 9.17) is 0 Å². The molecule has 0 radical (unpaired) electrons. The molecule has 2 aliphatic rings. The minimum atomic E-state index is -0.391. The molecule has 3 rings (SSSR count). The summed E-state index contributed by atoms with van der Waals surface area (Å²) >= 11 is 1.83. The minimum Gasteiger partial charge on any atom is -0.338 e. The first-order valence-electron chi connectivity index (χ1n) is 7.67. The molecule has 2 atom stereocenters. The molecule has 1 fully saturated rings. The zero-order valence-corrected chi connectivity index (χ0v) is 13.1. The van der Waals surface area contributed by atoms with Crippen LogP contribution in [-0.2, 0) is 11.2 Å². The van der Waals surface area contributed by atoms with Gasteiger partial charge < -0.3 is 10.2 Å². The van der Waals surface area contributed by atoms with Crippen molar-refractivity contribution in [1.82, 2.24) is 10.6 Å². The van der Waals surface area contributed by atoms with Gasteiger partial charge in [-0.05, 0) is 31.2 Å². The first kappa shape index (κ1) is 14.5. The SMILES string of the molecule is CCNC(=O)NC(=O)C[NH+]1CCc2sccc2[C@H]1C1CC1. The summed E-state index contributed by atoms with van der Waals surface area (Å²) in [5.41, 5.74) is 1.44. The standard InChI is InChI=1S/C15H21N3O2S/c1-2-16-15(20)17-13(19)9-18-7-5-12-11(6-8-21-12)14(18)10-3-4-10/h6,8,10,14H,2-5,7,9H2,1H3,(H2,16,17,19,20)/p+1/t14-/m1/s1. The van der Waals surface area contributed by atoms with Gasteiger partial charge in [-0.3, -0.25) is 10.1 Å². The summed E-state index contributed by atoms with van der Waals surface area (Å²) in [4.78, 5) is 26.3. The van der Waals surface area contributed by atoms with E-state index in [1.54, 1.807) is 0 Å². The zero-order chi connectivity index (χ0) is 14.8. The van der Waals surface area contributed by atoms with Gasteiger partial charge in [0.15, 0.2) is 6.54 Å². The van der Waals surface area contributed by atoms with Crippen LogP contribution in [0.2, 0.25) is 0 Å². The highest BCUT2D eigenvalue weighted by Crippen LogP contribution is 2.42. The Morgan fingerprint density at radius 1 is 1.43 bits per heavy atom. The third-order valence-corrected chi connectivity index (χ3v) is 5.30. The molecule has 0 spiro atoms. The molecular formula is C15H22N3O2S+. The number of hydrogen-bond acceptors (Lipinski definition) is 3. The fraction of sp³-hybridized carbons (Fsp3) is 0.600. The topological polar surface area (TPSA) is 62.6 Å². The Balaban J connectivity index is 1.65. The number of thiophene rings is 1. The van der Waals surface area contributed by atoms with Gasteiger partial charge in [0.2, 0.25) is 0 Å². The lowest BCUT2D eigenvalue weighted by molar-refractivity contribution is -0.928. The van der Waals surface area contributed by atoms with Crippen LogP contribution in [0.5, 0.6) is 0 Å². The molecule has 1 aromatic heterocycles. The number of nitrogens with one attached hydrogen (secondary N) is 3. The van der Waals surface area contributed by atoms with Crippen molar-refractivity contribution in [1.29, 1.82) is 0 Å². The van der Waals surface area contributed by atoms with Gasteiger partial charge in [0, 0.05) is 29.3 Å². The number of rotatable bonds is 4. The smallest absolute Gasteiger partial charge is 0.321 e. The number of fused-ring (bicyclic) bond motifs is 1. The second-order valence-electron chi connectivity index (χ2n) is 5.86. The van der Waals surface area contributed by atoms with Crippen LogP contribution in [0.1, 0.15) is 36.2 Å². The lowest BCUT2D eigenvalue weighted by atomic mass is 9.96. The van der Waals surface area contributed by atoms with Crippen molar-refractivity contribution in [2.24, 2.45) is 5.92 Å². The first-order valence-corrected chi connectivity index (χ1v) is 8.55. The summed E-state index contributed by atoms with van der Waals surface area (Å²) in [6.07, 6.45) is 3.57. The molecule has 21 heavy (non-hydrogen) atoms. The van der Waals surface area contributed by atoms with Crippen LogP contribution in [0.25, 0.3) is 0 Å². The largest absolute Gasteiger partial charge is 0.338 e. The first-order chi connectivity index (χ1) is 10.2. The van der Waals surface area contributed by atoms with Gasteiger partial charge in [-0.2, -0.15) is 0 Å². The normalized spacial score (nSPS) is 24.2. The summed E-state index contributed by atoms with van der Waals surface area (Å²) in [7, 11) is 0. The molecule has 1 aromatic rings. The second-order valence-corrected chi connectivity index (χ2v) is 6.86. The lowest BCUT2D eigenvalue weighted by Crippen LogP contribution is -3.14. The van der Waals surface area contributed by atoms with Gasteiger partial charge >= 0.3 is 6.03 Å².